The Morgan fingerprint density at radius 2 is 1.45 bits per heavy atom. The second kappa shape index (κ2) is 6.42. The van der Waals surface area contributed by atoms with Crippen LogP contribution in [0.25, 0.3) is 0 Å². The summed E-state index contributed by atoms with van der Waals surface area (Å²) in [4.78, 5) is 0. The molecule has 0 heterocycles. The average Bonchev–Trinajstić information content (AvgIpc) is 2.42. The third kappa shape index (κ3) is 3.33. The molecule has 0 bridgehead atoms. The molecule has 2 aromatic rings. The lowest BCUT2D eigenvalue weighted by Gasteiger charge is -2.17. The molecule has 106 valence electrons. The largest absolute Gasteiger partial charge is 0.320 e. The number of aryl methyl sites for hydroxylation is 1. The minimum Gasteiger partial charge on any atom is -0.320 e. The van der Waals surface area contributed by atoms with Gasteiger partial charge in [0.1, 0.15) is 0 Å². The zero-order valence-electron chi connectivity index (χ0n) is 12.0. The summed E-state index contributed by atoms with van der Waals surface area (Å²) >= 11 is 7.19. The van der Waals surface area contributed by atoms with Gasteiger partial charge < -0.3 is 5.73 Å². The number of hydrogen-bond acceptors (Lipinski definition) is 1. The van der Waals surface area contributed by atoms with Crippen molar-refractivity contribution < 1.29 is 0 Å². The highest BCUT2D eigenvalue weighted by molar-refractivity contribution is 9.11. The molecule has 2 rings (SSSR count). The zero-order chi connectivity index (χ0) is 14.9. The van der Waals surface area contributed by atoms with Crippen LogP contribution in [0.5, 0.6) is 0 Å². The fourth-order valence-electron chi connectivity index (χ4n) is 2.17. The van der Waals surface area contributed by atoms with Gasteiger partial charge in [-0.05, 0) is 47.2 Å². The molecule has 0 fully saturated rings. The SMILES string of the molecule is Cc1cc(Br)c(C(N)c2ccc(C(C)C)cc2)cc1Br. The molecule has 0 saturated heterocycles. The van der Waals surface area contributed by atoms with E-state index in [4.69, 9.17) is 5.73 Å². The van der Waals surface area contributed by atoms with E-state index in [1.807, 2.05) is 0 Å². The van der Waals surface area contributed by atoms with Crippen LogP contribution in [-0.2, 0) is 0 Å². The predicted molar refractivity (Wildman–Crippen MR) is 93.1 cm³/mol. The third-order valence-corrected chi connectivity index (χ3v) is 5.12. The first-order valence-electron chi connectivity index (χ1n) is 6.71. The van der Waals surface area contributed by atoms with Gasteiger partial charge in [0.05, 0.1) is 6.04 Å². The quantitative estimate of drug-likeness (QED) is 0.708. The van der Waals surface area contributed by atoms with Crippen LogP contribution in [-0.4, -0.2) is 0 Å². The molecule has 1 nitrogen and oxygen atoms in total. The van der Waals surface area contributed by atoms with E-state index in [1.54, 1.807) is 0 Å². The van der Waals surface area contributed by atoms with Gasteiger partial charge >= 0.3 is 0 Å². The second-order valence-electron chi connectivity index (χ2n) is 5.42. The smallest absolute Gasteiger partial charge is 0.0563 e. The fraction of sp³-hybridized carbons (Fsp3) is 0.294. The van der Waals surface area contributed by atoms with Gasteiger partial charge in [-0.1, -0.05) is 70.0 Å². The molecule has 2 N–H and O–H groups in total. The summed E-state index contributed by atoms with van der Waals surface area (Å²) < 4.78 is 2.14. The topological polar surface area (TPSA) is 26.0 Å². The maximum atomic E-state index is 6.41. The lowest BCUT2D eigenvalue weighted by atomic mass is 9.95. The first kappa shape index (κ1) is 15.7. The molecule has 0 saturated carbocycles. The Morgan fingerprint density at radius 1 is 0.900 bits per heavy atom. The number of nitrogens with two attached hydrogens (primary N) is 1. The van der Waals surface area contributed by atoms with Crippen LogP contribution in [0.2, 0.25) is 0 Å². The van der Waals surface area contributed by atoms with Gasteiger partial charge in [0.2, 0.25) is 0 Å². The van der Waals surface area contributed by atoms with Crippen LogP contribution >= 0.6 is 31.9 Å². The van der Waals surface area contributed by atoms with E-state index in [-0.39, 0.29) is 6.04 Å². The number of rotatable bonds is 3. The monoisotopic (exact) mass is 395 g/mol. The van der Waals surface area contributed by atoms with Crippen molar-refractivity contribution in [3.05, 3.63) is 67.6 Å². The standard InChI is InChI=1S/C17H19Br2N/c1-10(2)12-4-6-13(7-5-12)17(20)14-9-15(18)11(3)8-16(14)19/h4-10,17H,20H2,1-3H3. The highest BCUT2D eigenvalue weighted by Crippen LogP contribution is 2.32. The maximum Gasteiger partial charge on any atom is 0.0563 e. The fourth-order valence-corrected chi connectivity index (χ4v) is 3.23. The van der Waals surface area contributed by atoms with Gasteiger partial charge in [-0.25, -0.2) is 0 Å². The van der Waals surface area contributed by atoms with E-state index in [2.05, 4.69) is 89.0 Å². The van der Waals surface area contributed by atoms with Gasteiger partial charge in [0.25, 0.3) is 0 Å². The van der Waals surface area contributed by atoms with Gasteiger partial charge in [0.15, 0.2) is 0 Å². The van der Waals surface area contributed by atoms with Gasteiger partial charge in [0, 0.05) is 8.95 Å². The summed E-state index contributed by atoms with van der Waals surface area (Å²) in [6, 6.07) is 12.7. The normalized spacial score (nSPS) is 12.8. The van der Waals surface area contributed by atoms with Crippen molar-refractivity contribution >= 4 is 31.9 Å². The lowest BCUT2D eigenvalue weighted by Crippen LogP contribution is -2.13. The van der Waals surface area contributed by atoms with Crippen LogP contribution in [0.3, 0.4) is 0 Å². The number of hydrogen-bond donors (Lipinski definition) is 1. The summed E-state index contributed by atoms with van der Waals surface area (Å²) in [5, 5.41) is 0. The molecule has 0 aliphatic heterocycles. The maximum absolute atomic E-state index is 6.41. The average molecular weight is 397 g/mol. The van der Waals surface area contributed by atoms with E-state index in [0.29, 0.717) is 5.92 Å². The second-order valence-corrected chi connectivity index (χ2v) is 7.13. The van der Waals surface area contributed by atoms with Crippen LogP contribution in [0, 0.1) is 6.92 Å². The van der Waals surface area contributed by atoms with E-state index >= 15 is 0 Å². The molecule has 0 radical (unpaired) electrons. The Hall–Kier alpha value is -0.640. The minimum atomic E-state index is -0.123. The van der Waals surface area contributed by atoms with Crippen molar-refractivity contribution in [1.29, 1.82) is 0 Å². The van der Waals surface area contributed by atoms with E-state index in [1.165, 1.54) is 11.1 Å². The molecule has 0 spiro atoms. The molecule has 0 aliphatic rings. The summed E-state index contributed by atoms with van der Waals surface area (Å²) in [5.74, 6) is 0.542. The molecule has 0 amide bonds. The van der Waals surface area contributed by atoms with Crippen LogP contribution in [0.4, 0.5) is 0 Å². The Morgan fingerprint density at radius 3 is 2.00 bits per heavy atom. The summed E-state index contributed by atoms with van der Waals surface area (Å²) in [6.45, 7) is 6.47. The Balaban J connectivity index is 2.36. The summed E-state index contributed by atoms with van der Waals surface area (Å²) in [7, 11) is 0. The molecule has 0 aromatic heterocycles. The molecule has 3 heteroatoms. The summed E-state index contributed by atoms with van der Waals surface area (Å²) in [6.07, 6.45) is 0. The molecule has 2 aromatic carbocycles. The molecular formula is C17H19Br2N. The third-order valence-electron chi connectivity index (χ3n) is 3.58. The van der Waals surface area contributed by atoms with Gasteiger partial charge in [-0.2, -0.15) is 0 Å². The first-order valence-corrected chi connectivity index (χ1v) is 8.29. The van der Waals surface area contributed by atoms with E-state index in [0.717, 1.165) is 20.1 Å². The van der Waals surface area contributed by atoms with Crippen molar-refractivity contribution in [2.24, 2.45) is 5.73 Å². The van der Waals surface area contributed by atoms with E-state index in [9.17, 15) is 0 Å². The summed E-state index contributed by atoms with van der Waals surface area (Å²) in [5.41, 5.74) is 11.2. The van der Waals surface area contributed by atoms with Crippen molar-refractivity contribution in [1.82, 2.24) is 0 Å². The van der Waals surface area contributed by atoms with Crippen LogP contribution in [0.1, 0.15) is 48.1 Å². The highest BCUT2D eigenvalue weighted by atomic mass is 79.9. The van der Waals surface area contributed by atoms with E-state index < -0.39 is 0 Å². The molecule has 1 atom stereocenters. The molecule has 20 heavy (non-hydrogen) atoms. The Bertz CT molecular complexity index is 603. The van der Waals surface area contributed by atoms with Crippen molar-refractivity contribution in [2.75, 3.05) is 0 Å². The Labute approximate surface area is 137 Å². The van der Waals surface area contributed by atoms with Crippen molar-refractivity contribution in [3.63, 3.8) is 0 Å². The zero-order valence-corrected chi connectivity index (χ0v) is 15.1. The van der Waals surface area contributed by atoms with Crippen LogP contribution in [0.15, 0.2) is 45.3 Å². The van der Waals surface area contributed by atoms with Crippen molar-refractivity contribution in [3.8, 4) is 0 Å². The predicted octanol–water partition coefficient (Wildman–Crippen LogP) is 5.69. The van der Waals surface area contributed by atoms with Gasteiger partial charge in [-0.3, -0.25) is 0 Å². The molecular weight excluding hydrogens is 378 g/mol. The number of benzene rings is 2. The minimum absolute atomic E-state index is 0.123. The number of halogens is 2. The molecule has 0 aliphatic carbocycles. The van der Waals surface area contributed by atoms with Gasteiger partial charge in [-0.15, -0.1) is 0 Å². The highest BCUT2D eigenvalue weighted by Gasteiger charge is 2.14. The molecule has 1 unspecified atom stereocenters. The Kier molecular flexibility index (Phi) is 5.05. The first-order chi connectivity index (χ1) is 9.40. The van der Waals surface area contributed by atoms with Crippen molar-refractivity contribution in [2.45, 2.75) is 32.7 Å². The lowest BCUT2D eigenvalue weighted by molar-refractivity contribution is 0.844. The van der Waals surface area contributed by atoms with Crippen LogP contribution < -0.4 is 5.73 Å².